The van der Waals surface area contributed by atoms with Crippen LogP contribution in [0.2, 0.25) is 0 Å². The van der Waals surface area contributed by atoms with E-state index in [0.717, 1.165) is 24.2 Å². The van der Waals surface area contributed by atoms with Gasteiger partial charge in [-0.2, -0.15) is 0 Å². The van der Waals surface area contributed by atoms with Crippen LogP contribution >= 0.6 is 0 Å². The van der Waals surface area contributed by atoms with Crippen LogP contribution in [-0.2, 0) is 6.54 Å². The molecule has 0 N–H and O–H groups in total. The van der Waals surface area contributed by atoms with Gasteiger partial charge in [-0.15, -0.1) is 0 Å². The smallest absolute Gasteiger partial charge is 0.147 e. The maximum Gasteiger partial charge on any atom is 0.147 e. The van der Waals surface area contributed by atoms with Gasteiger partial charge in [-0.25, -0.2) is 4.98 Å². The van der Waals surface area contributed by atoms with Crippen molar-refractivity contribution in [3.05, 3.63) is 48.7 Å². The Bertz CT molecular complexity index is 632. The monoisotopic (exact) mass is 309 g/mol. The second-order valence-corrected chi connectivity index (χ2v) is 6.79. The van der Waals surface area contributed by atoms with Crippen molar-refractivity contribution < 1.29 is 0 Å². The largest absolute Gasteiger partial charge is 0.355 e. The van der Waals surface area contributed by atoms with Crippen molar-refractivity contribution in [3.8, 4) is 0 Å². The molecule has 4 rings (SSSR count). The number of aromatic nitrogens is 3. The first-order valence-corrected chi connectivity index (χ1v) is 8.41. The fourth-order valence-electron chi connectivity index (χ4n) is 4.33. The van der Waals surface area contributed by atoms with Crippen LogP contribution in [0.4, 0.5) is 5.82 Å². The van der Waals surface area contributed by atoms with E-state index in [-0.39, 0.29) is 0 Å². The van der Waals surface area contributed by atoms with Crippen LogP contribution in [0, 0.1) is 11.8 Å². The van der Waals surface area contributed by atoms with Crippen molar-refractivity contribution in [2.24, 2.45) is 11.8 Å². The standard InChI is InChI=1S/C18H23N5/c1-22(18-10-20-8-9-21-18)17-3-2-15-12-23(13-16(15)17)11-14-4-6-19-7-5-14/h4-10,15-17H,2-3,11-13H2,1H3/t15-,16+,17-/m1/s1. The van der Waals surface area contributed by atoms with Crippen molar-refractivity contribution in [1.82, 2.24) is 19.9 Å². The predicted octanol–water partition coefficient (Wildman–Crippen LogP) is 2.22. The number of fused-ring (bicyclic) bond motifs is 1. The summed E-state index contributed by atoms with van der Waals surface area (Å²) in [4.78, 5) is 17.7. The maximum atomic E-state index is 4.47. The fraction of sp³-hybridized carbons (Fsp3) is 0.500. The van der Waals surface area contributed by atoms with Crippen molar-refractivity contribution in [3.63, 3.8) is 0 Å². The third kappa shape index (κ3) is 2.93. The number of likely N-dealkylation sites (tertiary alicyclic amines) is 1. The van der Waals surface area contributed by atoms with Gasteiger partial charge in [-0.05, 0) is 42.4 Å². The van der Waals surface area contributed by atoms with E-state index in [4.69, 9.17) is 0 Å². The van der Waals surface area contributed by atoms with Crippen LogP contribution in [0.1, 0.15) is 18.4 Å². The molecule has 120 valence electrons. The van der Waals surface area contributed by atoms with E-state index in [9.17, 15) is 0 Å². The van der Waals surface area contributed by atoms with Gasteiger partial charge in [-0.3, -0.25) is 14.9 Å². The van der Waals surface area contributed by atoms with E-state index in [0.29, 0.717) is 6.04 Å². The van der Waals surface area contributed by atoms with E-state index in [2.05, 4.69) is 43.9 Å². The molecule has 0 spiro atoms. The summed E-state index contributed by atoms with van der Waals surface area (Å²) < 4.78 is 0. The minimum atomic E-state index is 0.583. The molecule has 3 heterocycles. The molecular weight excluding hydrogens is 286 g/mol. The molecule has 0 aromatic carbocycles. The summed E-state index contributed by atoms with van der Waals surface area (Å²) >= 11 is 0. The third-order valence-electron chi connectivity index (χ3n) is 5.46. The average Bonchev–Trinajstić information content (AvgIpc) is 3.16. The molecular formula is C18H23N5. The average molecular weight is 309 g/mol. The van der Waals surface area contributed by atoms with Gasteiger partial charge in [0, 0.05) is 57.5 Å². The molecule has 0 amide bonds. The zero-order valence-corrected chi connectivity index (χ0v) is 13.5. The molecule has 0 bridgehead atoms. The van der Waals surface area contributed by atoms with Crippen LogP contribution < -0.4 is 4.90 Å². The zero-order chi connectivity index (χ0) is 15.6. The van der Waals surface area contributed by atoms with E-state index in [1.54, 1.807) is 12.4 Å². The Morgan fingerprint density at radius 3 is 2.74 bits per heavy atom. The lowest BCUT2D eigenvalue weighted by Gasteiger charge is -2.30. The predicted molar refractivity (Wildman–Crippen MR) is 90.0 cm³/mol. The van der Waals surface area contributed by atoms with Crippen LogP contribution in [0.5, 0.6) is 0 Å². The summed E-state index contributed by atoms with van der Waals surface area (Å²) in [6.45, 7) is 3.44. The molecule has 0 radical (unpaired) electrons. The Hall–Kier alpha value is -2.01. The van der Waals surface area contributed by atoms with Gasteiger partial charge in [0.05, 0.1) is 6.20 Å². The molecule has 2 aliphatic rings. The highest BCUT2D eigenvalue weighted by Crippen LogP contribution is 2.41. The van der Waals surface area contributed by atoms with Gasteiger partial charge in [0.25, 0.3) is 0 Å². The Balaban J connectivity index is 1.43. The van der Waals surface area contributed by atoms with Crippen LogP contribution in [0.3, 0.4) is 0 Å². The second-order valence-electron chi connectivity index (χ2n) is 6.79. The number of pyridine rings is 1. The highest BCUT2D eigenvalue weighted by atomic mass is 15.2. The molecule has 1 aliphatic heterocycles. The van der Waals surface area contributed by atoms with Crippen LogP contribution in [0.25, 0.3) is 0 Å². The van der Waals surface area contributed by atoms with E-state index < -0.39 is 0 Å². The Morgan fingerprint density at radius 1 is 1.09 bits per heavy atom. The van der Waals surface area contributed by atoms with Gasteiger partial charge in [-0.1, -0.05) is 0 Å². The number of rotatable bonds is 4. The molecule has 23 heavy (non-hydrogen) atoms. The zero-order valence-electron chi connectivity index (χ0n) is 13.5. The van der Waals surface area contributed by atoms with E-state index in [1.165, 1.54) is 31.5 Å². The first kappa shape index (κ1) is 14.6. The summed E-state index contributed by atoms with van der Waals surface area (Å²) in [6, 6.07) is 4.83. The van der Waals surface area contributed by atoms with Crippen molar-refractivity contribution in [2.75, 3.05) is 25.0 Å². The first-order chi connectivity index (χ1) is 11.3. The Labute approximate surface area is 137 Å². The SMILES string of the molecule is CN(c1cnccn1)[C@@H]1CC[C@@H]2CN(Cc3ccncc3)C[C@@H]21. The number of hydrogen-bond donors (Lipinski definition) is 0. The van der Waals surface area contributed by atoms with E-state index >= 15 is 0 Å². The second kappa shape index (κ2) is 6.24. The van der Waals surface area contributed by atoms with Gasteiger partial charge in [0.1, 0.15) is 5.82 Å². The molecule has 0 unspecified atom stereocenters. The highest BCUT2D eigenvalue weighted by molar-refractivity contribution is 5.36. The van der Waals surface area contributed by atoms with Gasteiger partial charge < -0.3 is 4.90 Å². The minimum Gasteiger partial charge on any atom is -0.355 e. The Morgan fingerprint density at radius 2 is 1.96 bits per heavy atom. The quantitative estimate of drug-likeness (QED) is 0.866. The minimum absolute atomic E-state index is 0.583. The molecule has 5 heteroatoms. The van der Waals surface area contributed by atoms with Gasteiger partial charge >= 0.3 is 0 Å². The molecule has 2 aromatic heterocycles. The molecule has 2 fully saturated rings. The van der Waals surface area contributed by atoms with Gasteiger partial charge in [0.2, 0.25) is 0 Å². The lowest BCUT2D eigenvalue weighted by Crippen LogP contribution is -2.38. The number of anilines is 1. The van der Waals surface area contributed by atoms with Crippen LogP contribution in [0.15, 0.2) is 43.1 Å². The van der Waals surface area contributed by atoms with Crippen molar-refractivity contribution >= 4 is 5.82 Å². The van der Waals surface area contributed by atoms with Crippen molar-refractivity contribution in [2.45, 2.75) is 25.4 Å². The molecule has 2 aromatic rings. The summed E-state index contributed by atoms with van der Waals surface area (Å²) in [7, 11) is 2.17. The van der Waals surface area contributed by atoms with Crippen molar-refractivity contribution in [1.29, 1.82) is 0 Å². The highest BCUT2D eigenvalue weighted by Gasteiger charge is 2.44. The molecule has 3 atom stereocenters. The summed E-state index contributed by atoms with van der Waals surface area (Å²) in [5.74, 6) is 2.55. The molecule has 5 nitrogen and oxygen atoms in total. The third-order valence-corrected chi connectivity index (χ3v) is 5.46. The molecule has 1 aliphatic carbocycles. The summed E-state index contributed by atoms with van der Waals surface area (Å²) in [5, 5.41) is 0. The topological polar surface area (TPSA) is 45.2 Å². The first-order valence-electron chi connectivity index (χ1n) is 8.41. The number of nitrogens with zero attached hydrogens (tertiary/aromatic N) is 5. The number of hydrogen-bond acceptors (Lipinski definition) is 5. The Kier molecular flexibility index (Phi) is 3.95. The summed E-state index contributed by atoms with van der Waals surface area (Å²) in [6.07, 6.45) is 11.8. The fourth-order valence-corrected chi connectivity index (χ4v) is 4.33. The normalized spacial score (nSPS) is 27.1. The van der Waals surface area contributed by atoms with Crippen LogP contribution in [-0.4, -0.2) is 46.0 Å². The maximum absolute atomic E-state index is 4.47. The summed E-state index contributed by atoms with van der Waals surface area (Å²) in [5.41, 5.74) is 1.36. The molecule has 1 saturated carbocycles. The lowest BCUT2D eigenvalue weighted by molar-refractivity contribution is 0.297. The lowest BCUT2D eigenvalue weighted by atomic mass is 9.97. The van der Waals surface area contributed by atoms with Gasteiger partial charge in [0.15, 0.2) is 0 Å². The molecule has 1 saturated heterocycles. The van der Waals surface area contributed by atoms with E-state index in [1.807, 2.05) is 18.6 Å².